The van der Waals surface area contributed by atoms with Crippen LogP contribution in [0, 0.1) is 0 Å². The van der Waals surface area contributed by atoms with E-state index in [-0.39, 0.29) is 6.61 Å². The summed E-state index contributed by atoms with van der Waals surface area (Å²) in [6.45, 7) is 2.67. The SMILES string of the molecule is CC(=O)OC1(OC(C)=O)C=CCO1. The summed E-state index contributed by atoms with van der Waals surface area (Å²) in [5.41, 5.74) is 0. The van der Waals surface area contributed by atoms with E-state index in [9.17, 15) is 9.59 Å². The molecule has 13 heavy (non-hydrogen) atoms. The molecule has 0 N–H and O–H groups in total. The lowest BCUT2D eigenvalue weighted by Crippen LogP contribution is -2.37. The normalized spacial score (nSPS) is 18.3. The van der Waals surface area contributed by atoms with Crippen molar-refractivity contribution < 1.29 is 23.8 Å². The van der Waals surface area contributed by atoms with Gasteiger partial charge in [0, 0.05) is 19.9 Å². The van der Waals surface area contributed by atoms with E-state index in [0.717, 1.165) is 0 Å². The van der Waals surface area contributed by atoms with Crippen molar-refractivity contribution in [3.05, 3.63) is 12.2 Å². The van der Waals surface area contributed by atoms with Crippen molar-refractivity contribution in [2.24, 2.45) is 0 Å². The van der Waals surface area contributed by atoms with Gasteiger partial charge in [0.05, 0.1) is 6.61 Å². The van der Waals surface area contributed by atoms with Crippen molar-refractivity contribution >= 4 is 11.9 Å². The Morgan fingerprint density at radius 1 is 1.31 bits per heavy atom. The van der Waals surface area contributed by atoms with E-state index >= 15 is 0 Å². The molecule has 0 saturated heterocycles. The van der Waals surface area contributed by atoms with Gasteiger partial charge in [-0.2, -0.15) is 0 Å². The van der Waals surface area contributed by atoms with Gasteiger partial charge in [0.1, 0.15) is 0 Å². The molecule has 0 radical (unpaired) electrons. The predicted octanol–water partition coefficient (Wildman–Crippen LogP) is 0.353. The summed E-state index contributed by atoms with van der Waals surface area (Å²) < 4.78 is 14.4. The highest BCUT2D eigenvalue weighted by molar-refractivity contribution is 5.69. The van der Waals surface area contributed by atoms with Gasteiger partial charge < -0.3 is 9.47 Å². The molecule has 0 unspecified atom stereocenters. The second-order valence-corrected chi connectivity index (χ2v) is 2.50. The third-order valence-corrected chi connectivity index (χ3v) is 1.27. The van der Waals surface area contributed by atoms with Crippen LogP contribution in [0.3, 0.4) is 0 Å². The third kappa shape index (κ3) is 2.55. The standard InChI is InChI=1S/C8H10O5/c1-6(9)12-8(13-7(2)10)4-3-5-11-8/h3-4H,5H2,1-2H3. The smallest absolute Gasteiger partial charge is 0.395 e. The van der Waals surface area contributed by atoms with Crippen molar-refractivity contribution in [2.75, 3.05) is 6.61 Å². The first-order valence-corrected chi connectivity index (χ1v) is 3.75. The van der Waals surface area contributed by atoms with Gasteiger partial charge in [-0.05, 0) is 0 Å². The van der Waals surface area contributed by atoms with Crippen molar-refractivity contribution in [3.63, 3.8) is 0 Å². The van der Waals surface area contributed by atoms with Crippen LogP contribution in [0.1, 0.15) is 13.8 Å². The summed E-state index contributed by atoms with van der Waals surface area (Å²) in [4.78, 5) is 21.3. The van der Waals surface area contributed by atoms with Gasteiger partial charge in [0.15, 0.2) is 0 Å². The molecule has 0 bridgehead atoms. The van der Waals surface area contributed by atoms with E-state index in [1.807, 2.05) is 0 Å². The minimum absolute atomic E-state index is 0.251. The zero-order valence-electron chi connectivity index (χ0n) is 7.40. The summed E-state index contributed by atoms with van der Waals surface area (Å²) >= 11 is 0. The first-order valence-electron chi connectivity index (χ1n) is 3.75. The fourth-order valence-corrected chi connectivity index (χ4v) is 0.953. The fourth-order valence-electron chi connectivity index (χ4n) is 0.953. The number of rotatable bonds is 2. The highest BCUT2D eigenvalue weighted by Gasteiger charge is 2.38. The van der Waals surface area contributed by atoms with Crippen molar-refractivity contribution in [1.29, 1.82) is 0 Å². The highest BCUT2D eigenvalue weighted by Crippen LogP contribution is 2.22. The molecule has 0 fully saturated rings. The molecule has 1 aliphatic heterocycles. The Hall–Kier alpha value is -1.36. The summed E-state index contributed by atoms with van der Waals surface area (Å²) in [5, 5.41) is 0. The maximum Gasteiger partial charge on any atom is 0.398 e. The zero-order chi connectivity index (χ0) is 9.90. The van der Waals surface area contributed by atoms with Gasteiger partial charge in [0.2, 0.25) is 0 Å². The number of ether oxygens (including phenoxy) is 3. The van der Waals surface area contributed by atoms with Gasteiger partial charge in [-0.3, -0.25) is 14.3 Å². The lowest BCUT2D eigenvalue weighted by atomic mass is 10.5. The van der Waals surface area contributed by atoms with Crippen LogP contribution in [0.4, 0.5) is 0 Å². The summed E-state index contributed by atoms with van der Waals surface area (Å²) in [7, 11) is 0. The Morgan fingerprint density at radius 2 is 1.85 bits per heavy atom. The second kappa shape index (κ2) is 3.57. The zero-order valence-corrected chi connectivity index (χ0v) is 7.40. The van der Waals surface area contributed by atoms with E-state index < -0.39 is 17.9 Å². The van der Waals surface area contributed by atoms with Crippen LogP contribution in [-0.2, 0) is 23.8 Å². The molecule has 0 atom stereocenters. The van der Waals surface area contributed by atoms with Crippen LogP contribution in [0.25, 0.3) is 0 Å². The molecule has 0 aromatic carbocycles. The van der Waals surface area contributed by atoms with Crippen LogP contribution in [0.2, 0.25) is 0 Å². The number of carbonyl (C=O) groups is 2. The van der Waals surface area contributed by atoms with Gasteiger partial charge in [0.25, 0.3) is 0 Å². The molecule has 1 rings (SSSR count). The molecule has 1 aliphatic rings. The lowest BCUT2D eigenvalue weighted by molar-refractivity contribution is -0.305. The maximum absolute atomic E-state index is 10.7. The van der Waals surface area contributed by atoms with Gasteiger partial charge >= 0.3 is 17.9 Å². The first-order chi connectivity index (χ1) is 6.04. The molecule has 0 aliphatic carbocycles. The molecular formula is C8H10O5. The molecule has 0 amide bonds. The Balaban J connectivity index is 2.69. The molecule has 0 aromatic rings. The molecule has 72 valence electrons. The average Bonchev–Trinajstić information content (AvgIpc) is 2.33. The van der Waals surface area contributed by atoms with Crippen LogP contribution in [-0.4, -0.2) is 24.5 Å². The fraction of sp³-hybridized carbons (Fsp3) is 0.500. The molecule has 1 heterocycles. The second-order valence-electron chi connectivity index (χ2n) is 2.50. The van der Waals surface area contributed by atoms with Gasteiger partial charge in [-0.1, -0.05) is 6.08 Å². The first kappa shape index (κ1) is 9.73. The van der Waals surface area contributed by atoms with Crippen LogP contribution < -0.4 is 0 Å². The quantitative estimate of drug-likeness (QED) is 0.354. The number of carbonyl (C=O) groups excluding carboxylic acids is 2. The molecule has 5 nitrogen and oxygen atoms in total. The van der Waals surface area contributed by atoms with Crippen LogP contribution >= 0.6 is 0 Å². The summed E-state index contributed by atoms with van der Waals surface area (Å²) in [6.07, 6.45) is 2.99. The number of hydrogen-bond donors (Lipinski definition) is 0. The summed E-state index contributed by atoms with van der Waals surface area (Å²) in [5.74, 6) is -2.79. The third-order valence-electron chi connectivity index (χ3n) is 1.27. The topological polar surface area (TPSA) is 61.8 Å². The highest BCUT2D eigenvalue weighted by atomic mass is 16.9. The minimum Gasteiger partial charge on any atom is -0.395 e. The Bertz CT molecular complexity index is 239. The molecular weight excluding hydrogens is 176 g/mol. The van der Waals surface area contributed by atoms with E-state index in [0.29, 0.717) is 0 Å². The van der Waals surface area contributed by atoms with E-state index in [2.05, 4.69) is 0 Å². The number of hydrogen-bond acceptors (Lipinski definition) is 5. The van der Waals surface area contributed by atoms with Crippen LogP contribution in [0.5, 0.6) is 0 Å². The van der Waals surface area contributed by atoms with E-state index in [1.54, 1.807) is 6.08 Å². The minimum atomic E-state index is -1.64. The van der Waals surface area contributed by atoms with Crippen molar-refractivity contribution in [1.82, 2.24) is 0 Å². The number of esters is 2. The van der Waals surface area contributed by atoms with E-state index in [1.165, 1.54) is 19.9 Å². The largest absolute Gasteiger partial charge is 0.398 e. The Morgan fingerprint density at radius 3 is 2.15 bits per heavy atom. The van der Waals surface area contributed by atoms with Gasteiger partial charge in [-0.15, -0.1) is 0 Å². The Labute approximate surface area is 75.3 Å². The molecule has 0 aromatic heterocycles. The lowest BCUT2D eigenvalue weighted by Gasteiger charge is -2.24. The monoisotopic (exact) mass is 186 g/mol. The molecule has 5 heteroatoms. The van der Waals surface area contributed by atoms with Crippen molar-refractivity contribution in [2.45, 2.75) is 19.8 Å². The average molecular weight is 186 g/mol. The van der Waals surface area contributed by atoms with Gasteiger partial charge in [-0.25, -0.2) is 0 Å². The molecule has 0 saturated carbocycles. The Kier molecular flexibility index (Phi) is 2.67. The summed E-state index contributed by atoms with van der Waals surface area (Å²) in [6, 6.07) is 0. The van der Waals surface area contributed by atoms with Crippen LogP contribution in [0.15, 0.2) is 12.2 Å². The maximum atomic E-state index is 10.7. The van der Waals surface area contributed by atoms with Crippen molar-refractivity contribution in [3.8, 4) is 0 Å². The predicted molar refractivity (Wildman–Crippen MR) is 41.4 cm³/mol. The van der Waals surface area contributed by atoms with E-state index in [4.69, 9.17) is 14.2 Å². The molecule has 0 spiro atoms.